The number of rotatable bonds is 3. The fourth-order valence-electron chi connectivity index (χ4n) is 2.64. The second kappa shape index (κ2) is 5.41. The Kier molecular flexibility index (Phi) is 3.59. The molecular weight excluding hydrogens is 284 g/mol. The van der Waals surface area contributed by atoms with E-state index in [0.717, 1.165) is 30.6 Å². The lowest BCUT2D eigenvalue weighted by Gasteiger charge is -2.25. The molecule has 0 saturated carbocycles. The average Bonchev–Trinajstić information content (AvgIpc) is 2.54. The molecule has 2 aromatic rings. The summed E-state index contributed by atoms with van der Waals surface area (Å²) in [7, 11) is -1.94. The van der Waals surface area contributed by atoms with Gasteiger partial charge in [0.1, 0.15) is 0 Å². The van der Waals surface area contributed by atoms with Gasteiger partial charge in [-0.25, -0.2) is 8.42 Å². The highest BCUT2D eigenvalue weighted by atomic mass is 32.2. The Balaban J connectivity index is 2.07. The molecule has 0 bridgehead atoms. The molecule has 0 aliphatic carbocycles. The van der Waals surface area contributed by atoms with Gasteiger partial charge in [-0.2, -0.15) is 0 Å². The summed E-state index contributed by atoms with van der Waals surface area (Å²) in [4.78, 5) is 0.401. The monoisotopic (exact) mass is 302 g/mol. The fourth-order valence-corrected chi connectivity index (χ4v) is 4.11. The number of anilines is 2. The zero-order chi connectivity index (χ0) is 14.9. The minimum Gasteiger partial charge on any atom is -0.385 e. The first-order valence-corrected chi connectivity index (χ1v) is 8.44. The van der Waals surface area contributed by atoms with Crippen LogP contribution in [0.5, 0.6) is 0 Å². The van der Waals surface area contributed by atoms with Crippen molar-refractivity contribution < 1.29 is 8.42 Å². The van der Waals surface area contributed by atoms with Gasteiger partial charge in [-0.3, -0.25) is 4.31 Å². The van der Waals surface area contributed by atoms with Crippen molar-refractivity contribution in [3.05, 3.63) is 54.1 Å². The van der Waals surface area contributed by atoms with Gasteiger partial charge in [-0.05, 0) is 42.7 Å². The second-order valence-electron chi connectivity index (χ2n) is 5.12. The Morgan fingerprint density at radius 2 is 1.81 bits per heavy atom. The summed E-state index contributed by atoms with van der Waals surface area (Å²) in [5.41, 5.74) is 2.49. The lowest BCUT2D eigenvalue weighted by atomic mass is 10.0. The highest BCUT2D eigenvalue weighted by Gasteiger charge is 2.26. The predicted molar refractivity (Wildman–Crippen MR) is 85.3 cm³/mol. The van der Waals surface area contributed by atoms with E-state index in [2.05, 4.69) is 5.32 Å². The van der Waals surface area contributed by atoms with E-state index in [1.165, 1.54) is 4.31 Å². The van der Waals surface area contributed by atoms with Gasteiger partial charge < -0.3 is 5.32 Å². The molecule has 5 heteroatoms. The molecule has 0 amide bonds. The molecule has 4 nitrogen and oxygen atoms in total. The summed E-state index contributed by atoms with van der Waals surface area (Å²) in [6, 6.07) is 14.6. The van der Waals surface area contributed by atoms with Crippen molar-refractivity contribution >= 4 is 21.4 Å². The Hall–Kier alpha value is -2.01. The molecule has 3 rings (SSSR count). The number of benzene rings is 2. The number of hydrogen-bond donors (Lipinski definition) is 1. The summed E-state index contributed by atoms with van der Waals surface area (Å²) in [6.07, 6.45) is 1.74. The van der Waals surface area contributed by atoms with Crippen LogP contribution < -0.4 is 9.62 Å². The fraction of sp³-hybridized carbons (Fsp3) is 0.250. The van der Waals surface area contributed by atoms with Gasteiger partial charge >= 0.3 is 0 Å². The third-order valence-corrected chi connectivity index (χ3v) is 5.68. The topological polar surface area (TPSA) is 49.4 Å². The molecule has 1 N–H and O–H groups in total. The van der Waals surface area contributed by atoms with Crippen LogP contribution in [0.15, 0.2) is 53.4 Å². The molecule has 0 unspecified atom stereocenters. The first-order chi connectivity index (χ1) is 10.1. The van der Waals surface area contributed by atoms with Gasteiger partial charge in [0.15, 0.2) is 0 Å². The van der Waals surface area contributed by atoms with Gasteiger partial charge in [0.25, 0.3) is 10.0 Å². The molecule has 0 fully saturated rings. The second-order valence-corrected chi connectivity index (χ2v) is 7.06. The normalized spacial score (nSPS) is 14.1. The number of fused-ring (bicyclic) bond motifs is 1. The molecule has 0 saturated heterocycles. The molecule has 21 heavy (non-hydrogen) atoms. The zero-order valence-electron chi connectivity index (χ0n) is 11.9. The maximum Gasteiger partial charge on any atom is 0.264 e. The number of hydrogen-bond acceptors (Lipinski definition) is 3. The summed E-state index contributed by atoms with van der Waals surface area (Å²) in [5, 5.41) is 3.27. The minimum absolute atomic E-state index is 0.401. The maximum atomic E-state index is 12.9. The lowest BCUT2D eigenvalue weighted by molar-refractivity contribution is 0.592. The van der Waals surface area contributed by atoms with Crippen LogP contribution in [0.1, 0.15) is 12.0 Å². The molecule has 1 aliphatic heterocycles. The lowest BCUT2D eigenvalue weighted by Crippen LogP contribution is -2.28. The van der Waals surface area contributed by atoms with Crippen LogP contribution in [-0.4, -0.2) is 22.0 Å². The van der Waals surface area contributed by atoms with Crippen molar-refractivity contribution in [3.63, 3.8) is 0 Å². The molecule has 1 aliphatic rings. The van der Waals surface area contributed by atoms with Gasteiger partial charge in [-0.15, -0.1) is 0 Å². The van der Waals surface area contributed by atoms with Crippen LogP contribution in [-0.2, 0) is 16.4 Å². The third-order valence-electron chi connectivity index (χ3n) is 3.81. The van der Waals surface area contributed by atoms with Crippen LogP contribution in [0, 0.1) is 0 Å². The number of nitrogens with one attached hydrogen (secondary N) is 1. The zero-order valence-corrected chi connectivity index (χ0v) is 12.7. The third kappa shape index (κ3) is 2.49. The summed E-state index contributed by atoms with van der Waals surface area (Å²) in [6.45, 7) is 0.894. The first kappa shape index (κ1) is 13.9. The number of sulfonamides is 1. The Labute approximate surface area is 125 Å². The average molecular weight is 302 g/mol. The van der Waals surface area contributed by atoms with Crippen molar-refractivity contribution in [2.24, 2.45) is 0 Å². The van der Waals surface area contributed by atoms with E-state index in [0.29, 0.717) is 10.6 Å². The molecule has 0 atom stereocenters. The summed E-state index contributed by atoms with van der Waals surface area (Å²) in [5.74, 6) is 0. The van der Waals surface area contributed by atoms with Crippen molar-refractivity contribution in [1.82, 2.24) is 0 Å². The van der Waals surface area contributed by atoms with Gasteiger partial charge in [0.05, 0.1) is 10.6 Å². The van der Waals surface area contributed by atoms with E-state index >= 15 is 0 Å². The highest BCUT2D eigenvalue weighted by molar-refractivity contribution is 7.92. The SMILES string of the molecule is CN(c1ccccc1)S(=O)(=O)c1cccc2c1CCCN2. The van der Waals surface area contributed by atoms with E-state index < -0.39 is 10.0 Å². The maximum absolute atomic E-state index is 12.9. The quantitative estimate of drug-likeness (QED) is 0.948. The standard InChI is InChI=1S/C16H18N2O2S/c1-18(13-7-3-2-4-8-13)21(19,20)16-11-5-10-15-14(16)9-6-12-17-15/h2-5,7-8,10-11,17H,6,9,12H2,1H3. The van der Waals surface area contributed by atoms with Crippen LogP contribution in [0.3, 0.4) is 0 Å². The first-order valence-electron chi connectivity index (χ1n) is 7.00. The summed E-state index contributed by atoms with van der Waals surface area (Å²) >= 11 is 0. The largest absolute Gasteiger partial charge is 0.385 e. The number of para-hydroxylation sites is 1. The van der Waals surface area contributed by atoms with Crippen LogP contribution in [0.2, 0.25) is 0 Å². The molecule has 0 radical (unpaired) electrons. The molecule has 110 valence electrons. The molecule has 0 spiro atoms. The predicted octanol–water partition coefficient (Wildman–Crippen LogP) is 2.87. The van der Waals surface area contributed by atoms with Gasteiger partial charge in [-0.1, -0.05) is 24.3 Å². The van der Waals surface area contributed by atoms with Crippen molar-refractivity contribution in [1.29, 1.82) is 0 Å². The van der Waals surface area contributed by atoms with Crippen molar-refractivity contribution in [2.75, 3.05) is 23.2 Å². The van der Waals surface area contributed by atoms with Crippen LogP contribution in [0.25, 0.3) is 0 Å². The Bertz CT molecular complexity index is 742. The molecular formula is C16H18N2O2S. The molecule has 0 aromatic heterocycles. The smallest absolute Gasteiger partial charge is 0.264 e. The molecule has 1 heterocycles. The van der Waals surface area contributed by atoms with Gasteiger partial charge in [0, 0.05) is 19.3 Å². The summed E-state index contributed by atoms with van der Waals surface area (Å²) < 4.78 is 27.1. The van der Waals surface area contributed by atoms with Crippen LogP contribution in [0.4, 0.5) is 11.4 Å². The van der Waals surface area contributed by atoms with Crippen molar-refractivity contribution in [3.8, 4) is 0 Å². The van der Waals surface area contributed by atoms with E-state index in [1.54, 1.807) is 31.3 Å². The van der Waals surface area contributed by atoms with E-state index in [4.69, 9.17) is 0 Å². The molecule has 2 aromatic carbocycles. The van der Waals surface area contributed by atoms with E-state index in [-0.39, 0.29) is 0 Å². The Morgan fingerprint density at radius 3 is 2.57 bits per heavy atom. The number of nitrogens with zero attached hydrogens (tertiary/aromatic N) is 1. The van der Waals surface area contributed by atoms with Crippen molar-refractivity contribution in [2.45, 2.75) is 17.7 Å². The van der Waals surface area contributed by atoms with E-state index in [9.17, 15) is 8.42 Å². The minimum atomic E-state index is -3.54. The highest BCUT2D eigenvalue weighted by Crippen LogP contribution is 2.31. The van der Waals surface area contributed by atoms with Gasteiger partial charge in [0.2, 0.25) is 0 Å². The Morgan fingerprint density at radius 1 is 1.05 bits per heavy atom. The van der Waals surface area contributed by atoms with E-state index in [1.807, 2.05) is 24.3 Å². The van der Waals surface area contributed by atoms with Crippen LogP contribution >= 0.6 is 0 Å².